The first-order chi connectivity index (χ1) is 10.3. The van der Waals surface area contributed by atoms with Crippen molar-refractivity contribution in [2.24, 2.45) is 11.8 Å². The highest BCUT2D eigenvalue weighted by atomic mass is 35.5. The number of likely N-dealkylation sites (tertiary alicyclic amines) is 1. The summed E-state index contributed by atoms with van der Waals surface area (Å²) >= 11 is 11.8. The summed E-state index contributed by atoms with van der Waals surface area (Å²) in [7, 11) is 0. The smallest absolute Gasteiger partial charge is 0.308 e. The molecule has 5 nitrogen and oxygen atoms in total. The number of carbonyl (C=O) groups excluding carboxylic acids is 1. The highest BCUT2D eigenvalue weighted by molar-refractivity contribution is 6.34. The molecule has 0 saturated carbocycles. The van der Waals surface area contributed by atoms with Crippen molar-refractivity contribution in [3.63, 3.8) is 0 Å². The molecule has 0 aromatic heterocycles. The van der Waals surface area contributed by atoms with Crippen molar-refractivity contribution in [1.82, 2.24) is 4.90 Å². The van der Waals surface area contributed by atoms with Gasteiger partial charge in [0.05, 0.1) is 5.92 Å². The first-order valence-electron chi connectivity index (χ1n) is 6.92. The fourth-order valence-corrected chi connectivity index (χ4v) is 3.08. The van der Waals surface area contributed by atoms with E-state index in [1.165, 1.54) is 4.90 Å². The van der Waals surface area contributed by atoms with Gasteiger partial charge in [-0.05, 0) is 31.0 Å². The molecule has 1 amide bonds. The molecule has 1 aromatic rings. The number of hydrogen-bond donors (Lipinski definition) is 1. The average Bonchev–Trinajstić information content (AvgIpc) is 2.78. The number of carboxylic acids is 1. The van der Waals surface area contributed by atoms with Gasteiger partial charge in [-0.25, -0.2) is 0 Å². The molecule has 0 radical (unpaired) electrons. The number of carboxylic acid groups (broad SMARTS) is 1. The van der Waals surface area contributed by atoms with E-state index in [9.17, 15) is 9.59 Å². The Morgan fingerprint density at radius 1 is 1.27 bits per heavy atom. The van der Waals surface area contributed by atoms with Crippen molar-refractivity contribution in [3.05, 3.63) is 28.2 Å². The van der Waals surface area contributed by atoms with Crippen LogP contribution >= 0.6 is 23.2 Å². The van der Waals surface area contributed by atoms with E-state index in [-0.39, 0.29) is 18.4 Å². The third-order valence-electron chi connectivity index (χ3n) is 3.74. The lowest BCUT2D eigenvalue weighted by atomic mass is 9.99. The van der Waals surface area contributed by atoms with Crippen LogP contribution in [0.15, 0.2) is 18.2 Å². The lowest BCUT2D eigenvalue weighted by Crippen LogP contribution is -2.39. The minimum absolute atomic E-state index is 0.0748. The molecular weight excluding hydrogens is 329 g/mol. The molecule has 1 N–H and O–H groups in total. The summed E-state index contributed by atoms with van der Waals surface area (Å²) in [6, 6.07) is 4.72. The number of benzene rings is 1. The molecule has 1 aliphatic rings. The molecule has 1 aliphatic heterocycles. The number of carbonyl (C=O) groups is 2. The second-order valence-electron chi connectivity index (χ2n) is 5.53. The van der Waals surface area contributed by atoms with Crippen molar-refractivity contribution in [3.8, 4) is 5.75 Å². The number of nitrogens with zero attached hydrogens (tertiary/aromatic N) is 1. The Hall–Kier alpha value is -1.46. The zero-order chi connectivity index (χ0) is 16.4. The predicted molar refractivity (Wildman–Crippen MR) is 83.4 cm³/mol. The lowest BCUT2D eigenvalue weighted by molar-refractivity contribution is -0.142. The highest BCUT2D eigenvalue weighted by Crippen LogP contribution is 2.27. The molecule has 0 spiro atoms. The molecule has 2 rings (SSSR count). The third-order valence-corrected chi connectivity index (χ3v) is 4.17. The lowest BCUT2D eigenvalue weighted by Gasteiger charge is -2.21. The van der Waals surface area contributed by atoms with Gasteiger partial charge in [0.15, 0.2) is 6.10 Å². The van der Waals surface area contributed by atoms with Crippen LogP contribution in [0.25, 0.3) is 0 Å². The van der Waals surface area contributed by atoms with Crippen LogP contribution in [0.1, 0.15) is 13.8 Å². The van der Waals surface area contributed by atoms with E-state index in [2.05, 4.69) is 0 Å². The number of hydrogen-bond acceptors (Lipinski definition) is 3. The Morgan fingerprint density at radius 3 is 2.36 bits per heavy atom. The highest BCUT2D eigenvalue weighted by Gasteiger charge is 2.38. The number of aliphatic carboxylic acids is 1. The van der Waals surface area contributed by atoms with Crippen LogP contribution in [0, 0.1) is 11.8 Å². The second-order valence-corrected chi connectivity index (χ2v) is 6.40. The Morgan fingerprint density at radius 2 is 1.86 bits per heavy atom. The Labute approximate surface area is 138 Å². The van der Waals surface area contributed by atoms with E-state index in [0.717, 1.165) is 0 Å². The van der Waals surface area contributed by atoms with Gasteiger partial charge in [-0.1, -0.05) is 30.1 Å². The van der Waals surface area contributed by atoms with Gasteiger partial charge in [-0.2, -0.15) is 0 Å². The van der Waals surface area contributed by atoms with E-state index in [1.54, 1.807) is 25.1 Å². The number of amides is 1. The van der Waals surface area contributed by atoms with E-state index in [4.69, 9.17) is 33.0 Å². The fourth-order valence-electron chi connectivity index (χ4n) is 2.58. The summed E-state index contributed by atoms with van der Waals surface area (Å²) in [6.45, 7) is 4.07. The quantitative estimate of drug-likeness (QED) is 0.910. The Balaban J connectivity index is 2.02. The van der Waals surface area contributed by atoms with E-state index >= 15 is 0 Å². The molecule has 1 unspecified atom stereocenters. The first-order valence-corrected chi connectivity index (χ1v) is 7.68. The monoisotopic (exact) mass is 345 g/mol. The summed E-state index contributed by atoms with van der Waals surface area (Å²) < 4.78 is 5.57. The molecule has 1 heterocycles. The van der Waals surface area contributed by atoms with Gasteiger partial charge < -0.3 is 14.7 Å². The number of halogens is 2. The summed E-state index contributed by atoms with van der Waals surface area (Å²) in [5.41, 5.74) is 0. The third kappa shape index (κ3) is 3.84. The standard InChI is InChI=1S/C15H17Cl2NO4/c1-8-6-18(7-13(8)15(20)21)14(19)9(2)22-12-4-10(16)3-11(17)5-12/h3-5,8-9,13H,6-7H2,1-2H3,(H,20,21)/t8-,9?,13-/m1/s1. The van der Waals surface area contributed by atoms with Gasteiger partial charge in [0, 0.05) is 23.1 Å². The van der Waals surface area contributed by atoms with E-state index in [1.807, 2.05) is 6.92 Å². The topological polar surface area (TPSA) is 66.8 Å². The van der Waals surface area contributed by atoms with Crippen molar-refractivity contribution < 1.29 is 19.4 Å². The van der Waals surface area contributed by atoms with Crippen molar-refractivity contribution >= 4 is 35.1 Å². The van der Waals surface area contributed by atoms with Gasteiger partial charge >= 0.3 is 5.97 Å². The van der Waals surface area contributed by atoms with Crippen LogP contribution in [0.5, 0.6) is 5.75 Å². The minimum Gasteiger partial charge on any atom is -0.481 e. The maximum atomic E-state index is 12.4. The predicted octanol–water partition coefficient (Wildman–Crippen LogP) is 2.94. The van der Waals surface area contributed by atoms with Gasteiger partial charge in [0.2, 0.25) is 0 Å². The average molecular weight is 346 g/mol. The molecule has 1 fully saturated rings. The second kappa shape index (κ2) is 6.75. The molecule has 0 aliphatic carbocycles. The van der Waals surface area contributed by atoms with Crippen LogP contribution < -0.4 is 4.74 Å². The molecule has 0 bridgehead atoms. The number of rotatable bonds is 4. The van der Waals surface area contributed by atoms with Crippen LogP contribution in [0.2, 0.25) is 10.0 Å². The van der Waals surface area contributed by atoms with Crippen LogP contribution in [0.4, 0.5) is 0 Å². The summed E-state index contributed by atoms with van der Waals surface area (Å²) in [5, 5.41) is 9.96. The van der Waals surface area contributed by atoms with Crippen LogP contribution in [-0.2, 0) is 9.59 Å². The molecular formula is C15H17Cl2NO4. The normalized spacial score (nSPS) is 22.5. The largest absolute Gasteiger partial charge is 0.481 e. The number of ether oxygens (including phenoxy) is 1. The molecule has 3 atom stereocenters. The first kappa shape index (κ1) is 16.9. The SMILES string of the molecule is CC(Oc1cc(Cl)cc(Cl)c1)C(=O)N1C[C@@H](C)[C@H](C(=O)O)C1. The minimum atomic E-state index is -0.877. The summed E-state index contributed by atoms with van der Waals surface area (Å²) in [4.78, 5) is 25.0. The fraction of sp³-hybridized carbons (Fsp3) is 0.467. The molecule has 1 aromatic carbocycles. The van der Waals surface area contributed by atoms with Gasteiger partial charge in [-0.3, -0.25) is 9.59 Å². The van der Waals surface area contributed by atoms with Crippen molar-refractivity contribution in [2.45, 2.75) is 20.0 Å². The van der Waals surface area contributed by atoms with Crippen LogP contribution in [-0.4, -0.2) is 41.1 Å². The van der Waals surface area contributed by atoms with Crippen LogP contribution in [0.3, 0.4) is 0 Å². The maximum absolute atomic E-state index is 12.4. The maximum Gasteiger partial charge on any atom is 0.308 e. The van der Waals surface area contributed by atoms with Crippen molar-refractivity contribution in [1.29, 1.82) is 0 Å². The van der Waals surface area contributed by atoms with Crippen molar-refractivity contribution in [2.75, 3.05) is 13.1 Å². The van der Waals surface area contributed by atoms with Gasteiger partial charge in [0.25, 0.3) is 5.91 Å². The Bertz CT molecular complexity index is 573. The summed E-state index contributed by atoms with van der Waals surface area (Å²) in [5.74, 6) is -1.32. The Kier molecular flexibility index (Phi) is 5.19. The zero-order valence-corrected chi connectivity index (χ0v) is 13.8. The zero-order valence-electron chi connectivity index (χ0n) is 12.3. The van der Waals surface area contributed by atoms with E-state index < -0.39 is 18.0 Å². The molecule has 120 valence electrons. The van der Waals surface area contributed by atoms with Gasteiger partial charge in [-0.15, -0.1) is 0 Å². The molecule has 7 heteroatoms. The molecule has 1 saturated heterocycles. The van der Waals surface area contributed by atoms with Gasteiger partial charge in [0.1, 0.15) is 5.75 Å². The van der Waals surface area contributed by atoms with E-state index in [0.29, 0.717) is 22.3 Å². The summed E-state index contributed by atoms with van der Waals surface area (Å²) in [6.07, 6.45) is -0.741. The molecule has 22 heavy (non-hydrogen) atoms.